The second-order valence-electron chi connectivity index (χ2n) is 3.89. The van der Waals surface area contributed by atoms with E-state index in [1.54, 1.807) is 0 Å². The Kier molecular flexibility index (Phi) is 2.87. The molecule has 1 aliphatic carbocycles. The molecule has 0 unspecified atom stereocenters. The lowest BCUT2D eigenvalue weighted by Gasteiger charge is -2.21. The lowest BCUT2D eigenvalue weighted by Crippen LogP contribution is -2.13. The summed E-state index contributed by atoms with van der Waals surface area (Å²) in [5.74, 6) is 0.788. The molecule has 74 valence electrons. The van der Waals surface area contributed by atoms with Crippen LogP contribution in [0.1, 0.15) is 37.2 Å². The normalized spacial score (nSPS) is 22.4. The van der Waals surface area contributed by atoms with Gasteiger partial charge in [-0.2, -0.15) is 0 Å². The predicted molar refractivity (Wildman–Crippen MR) is 57.7 cm³/mol. The van der Waals surface area contributed by atoms with E-state index in [4.69, 9.17) is 11.6 Å². The first-order valence-corrected chi connectivity index (χ1v) is 5.40. The van der Waals surface area contributed by atoms with Crippen molar-refractivity contribution >= 4 is 17.4 Å². The van der Waals surface area contributed by atoms with Crippen molar-refractivity contribution in [3.8, 4) is 0 Å². The molecule has 0 N–H and O–H groups in total. The molecule has 14 heavy (non-hydrogen) atoms. The summed E-state index contributed by atoms with van der Waals surface area (Å²) in [7, 11) is 0. The summed E-state index contributed by atoms with van der Waals surface area (Å²) in [6.45, 7) is 0. The molecule has 0 amide bonds. The van der Waals surface area contributed by atoms with Crippen LogP contribution in [-0.2, 0) is 4.79 Å². The van der Waals surface area contributed by atoms with E-state index in [9.17, 15) is 4.79 Å². The van der Waals surface area contributed by atoms with Gasteiger partial charge in [0, 0.05) is 17.9 Å². The van der Waals surface area contributed by atoms with Crippen LogP contribution in [0.4, 0.5) is 0 Å². The number of rotatable bonds is 1. The Bertz CT molecular complexity index is 346. The molecule has 0 saturated heterocycles. The van der Waals surface area contributed by atoms with Gasteiger partial charge in [0.05, 0.1) is 0 Å². The smallest absolute Gasteiger partial charge is 0.133 e. The van der Waals surface area contributed by atoms with Crippen LogP contribution in [0.5, 0.6) is 0 Å². The van der Waals surface area contributed by atoms with E-state index >= 15 is 0 Å². The molecule has 1 atom stereocenters. The van der Waals surface area contributed by atoms with E-state index in [1.165, 1.54) is 5.56 Å². The van der Waals surface area contributed by atoms with Crippen LogP contribution in [0.15, 0.2) is 24.3 Å². The Balaban J connectivity index is 2.17. The average Bonchev–Trinajstić information content (AvgIpc) is 2.18. The topological polar surface area (TPSA) is 17.1 Å². The summed E-state index contributed by atoms with van der Waals surface area (Å²) >= 11 is 5.92. The van der Waals surface area contributed by atoms with Gasteiger partial charge in [-0.15, -0.1) is 0 Å². The molecule has 0 bridgehead atoms. The maximum absolute atomic E-state index is 11.3. The van der Waals surface area contributed by atoms with Crippen molar-refractivity contribution in [3.63, 3.8) is 0 Å². The van der Waals surface area contributed by atoms with Crippen molar-refractivity contribution in [3.05, 3.63) is 34.9 Å². The summed E-state index contributed by atoms with van der Waals surface area (Å²) in [5.41, 5.74) is 1.21. The molecule has 2 rings (SSSR count). The van der Waals surface area contributed by atoms with E-state index in [0.29, 0.717) is 18.1 Å². The largest absolute Gasteiger partial charge is 0.300 e. The van der Waals surface area contributed by atoms with Crippen molar-refractivity contribution in [2.24, 2.45) is 0 Å². The van der Waals surface area contributed by atoms with Crippen molar-refractivity contribution in [1.82, 2.24) is 0 Å². The Labute approximate surface area is 89.1 Å². The van der Waals surface area contributed by atoms with Gasteiger partial charge in [0.2, 0.25) is 0 Å². The highest BCUT2D eigenvalue weighted by atomic mass is 35.5. The zero-order valence-electron chi connectivity index (χ0n) is 8.00. The van der Waals surface area contributed by atoms with Crippen molar-refractivity contribution < 1.29 is 4.79 Å². The van der Waals surface area contributed by atoms with Gasteiger partial charge in [-0.3, -0.25) is 4.79 Å². The van der Waals surface area contributed by atoms with Gasteiger partial charge in [-0.1, -0.05) is 23.7 Å². The maximum Gasteiger partial charge on any atom is 0.133 e. The Hall–Kier alpha value is -0.820. The molecule has 1 aliphatic rings. The molecule has 0 aromatic heterocycles. The lowest BCUT2D eigenvalue weighted by atomic mass is 9.83. The summed E-state index contributed by atoms with van der Waals surface area (Å²) in [6.07, 6.45) is 3.60. The third-order valence-electron chi connectivity index (χ3n) is 2.80. The summed E-state index contributed by atoms with van der Waals surface area (Å²) < 4.78 is 0. The van der Waals surface area contributed by atoms with Gasteiger partial charge in [0.25, 0.3) is 0 Å². The molecule has 0 heterocycles. The molecule has 0 radical (unpaired) electrons. The zero-order valence-corrected chi connectivity index (χ0v) is 8.76. The second-order valence-corrected chi connectivity index (χ2v) is 4.32. The van der Waals surface area contributed by atoms with Crippen molar-refractivity contribution in [2.45, 2.75) is 31.6 Å². The molecule has 1 nitrogen and oxygen atoms in total. The molecule has 1 aromatic rings. The first-order valence-electron chi connectivity index (χ1n) is 5.03. The third-order valence-corrected chi connectivity index (χ3v) is 3.04. The van der Waals surface area contributed by atoms with Crippen LogP contribution in [0, 0.1) is 0 Å². The molecule has 0 spiro atoms. The quantitative estimate of drug-likeness (QED) is 0.690. The molecular formula is C12H13ClO. The van der Waals surface area contributed by atoms with Gasteiger partial charge in [-0.25, -0.2) is 0 Å². The van der Waals surface area contributed by atoms with Crippen LogP contribution < -0.4 is 0 Å². The Morgan fingerprint density at radius 3 is 2.93 bits per heavy atom. The summed E-state index contributed by atoms with van der Waals surface area (Å²) in [6, 6.07) is 7.87. The number of halogens is 1. The monoisotopic (exact) mass is 208 g/mol. The predicted octanol–water partition coefficient (Wildman–Crippen LogP) is 3.57. The molecule has 1 saturated carbocycles. The van der Waals surface area contributed by atoms with Gasteiger partial charge in [0.15, 0.2) is 0 Å². The second kappa shape index (κ2) is 4.14. The molecule has 0 aliphatic heterocycles. The Morgan fingerprint density at radius 2 is 2.21 bits per heavy atom. The fraction of sp³-hybridized carbons (Fsp3) is 0.417. The van der Waals surface area contributed by atoms with E-state index in [0.717, 1.165) is 24.3 Å². The average molecular weight is 209 g/mol. The number of carbonyl (C=O) groups is 1. The van der Waals surface area contributed by atoms with Crippen LogP contribution in [-0.4, -0.2) is 5.78 Å². The Morgan fingerprint density at radius 1 is 1.36 bits per heavy atom. The fourth-order valence-electron chi connectivity index (χ4n) is 2.07. The molecule has 2 heteroatoms. The lowest BCUT2D eigenvalue weighted by molar-refractivity contribution is -0.120. The minimum atomic E-state index is 0.390. The van der Waals surface area contributed by atoms with Gasteiger partial charge in [-0.05, 0) is 36.5 Å². The third kappa shape index (κ3) is 2.16. The number of carbonyl (C=O) groups excluding carboxylic acids is 1. The van der Waals surface area contributed by atoms with Crippen LogP contribution in [0.2, 0.25) is 5.02 Å². The highest BCUT2D eigenvalue weighted by Crippen LogP contribution is 2.31. The zero-order chi connectivity index (χ0) is 9.97. The van der Waals surface area contributed by atoms with E-state index in [-0.39, 0.29) is 0 Å². The highest BCUT2D eigenvalue weighted by Gasteiger charge is 2.20. The van der Waals surface area contributed by atoms with Gasteiger partial charge < -0.3 is 0 Å². The van der Waals surface area contributed by atoms with E-state index < -0.39 is 0 Å². The number of ketones is 1. The maximum atomic E-state index is 11.3. The number of hydrogen-bond acceptors (Lipinski definition) is 1. The minimum absolute atomic E-state index is 0.390. The first kappa shape index (κ1) is 9.72. The minimum Gasteiger partial charge on any atom is -0.300 e. The first-order chi connectivity index (χ1) is 6.75. The molecule has 1 fully saturated rings. The highest BCUT2D eigenvalue weighted by molar-refractivity contribution is 6.30. The summed E-state index contributed by atoms with van der Waals surface area (Å²) in [4.78, 5) is 11.3. The number of hydrogen-bond donors (Lipinski definition) is 0. The van der Waals surface area contributed by atoms with E-state index in [1.807, 2.05) is 18.2 Å². The SMILES string of the molecule is O=C1CCC[C@@H](c2cccc(Cl)c2)C1. The van der Waals surface area contributed by atoms with Gasteiger partial charge in [0.1, 0.15) is 5.78 Å². The number of Topliss-reactive ketones (excluding diaryl/α,β-unsaturated/α-hetero) is 1. The van der Waals surface area contributed by atoms with Crippen LogP contribution in [0.25, 0.3) is 0 Å². The van der Waals surface area contributed by atoms with E-state index in [2.05, 4.69) is 6.07 Å². The van der Waals surface area contributed by atoms with Crippen LogP contribution >= 0.6 is 11.6 Å². The number of benzene rings is 1. The van der Waals surface area contributed by atoms with Crippen molar-refractivity contribution in [2.75, 3.05) is 0 Å². The standard InChI is InChI=1S/C12H13ClO/c13-11-5-1-3-9(7-11)10-4-2-6-12(14)8-10/h1,3,5,7,10H,2,4,6,8H2/t10-/m1/s1. The van der Waals surface area contributed by atoms with Gasteiger partial charge >= 0.3 is 0 Å². The van der Waals surface area contributed by atoms with Crippen molar-refractivity contribution in [1.29, 1.82) is 0 Å². The van der Waals surface area contributed by atoms with Crippen LogP contribution in [0.3, 0.4) is 0 Å². The molecular weight excluding hydrogens is 196 g/mol. The molecule has 1 aromatic carbocycles. The summed E-state index contributed by atoms with van der Waals surface area (Å²) in [5, 5.41) is 0.764. The fourth-order valence-corrected chi connectivity index (χ4v) is 2.27.